The highest BCUT2D eigenvalue weighted by Gasteiger charge is 2.18. The molecular weight excluding hydrogens is 274 g/mol. The summed E-state index contributed by atoms with van der Waals surface area (Å²) in [6.45, 7) is 12.2. The molecule has 0 spiro atoms. The maximum Gasteiger partial charge on any atom is 0.123 e. The first-order valence-electron chi connectivity index (χ1n) is 8.60. The lowest BCUT2D eigenvalue weighted by atomic mass is 9.86. The molecule has 0 bridgehead atoms. The Morgan fingerprint density at radius 1 is 0.955 bits per heavy atom. The first-order chi connectivity index (χ1) is 10.6. The summed E-state index contributed by atoms with van der Waals surface area (Å²) >= 11 is 0. The molecule has 0 N–H and O–H groups in total. The van der Waals surface area contributed by atoms with Crippen molar-refractivity contribution in [3.8, 4) is 5.75 Å². The summed E-state index contributed by atoms with van der Waals surface area (Å²) in [7, 11) is 0. The third-order valence-corrected chi connectivity index (χ3v) is 4.18. The summed E-state index contributed by atoms with van der Waals surface area (Å²) in [5.41, 5.74) is 1.36. The molecule has 1 aliphatic rings. The lowest BCUT2D eigenvalue weighted by Gasteiger charge is -2.26. The van der Waals surface area contributed by atoms with Gasteiger partial charge in [0, 0.05) is 6.54 Å². The van der Waals surface area contributed by atoms with Crippen LogP contribution in [-0.2, 0) is 10.2 Å². The highest BCUT2D eigenvalue weighted by atomic mass is 16.5. The summed E-state index contributed by atoms with van der Waals surface area (Å²) in [5, 5.41) is 0. The van der Waals surface area contributed by atoms with Crippen LogP contribution >= 0.6 is 0 Å². The number of para-hydroxylation sites is 1. The summed E-state index contributed by atoms with van der Waals surface area (Å²) in [6, 6.07) is 8.30. The van der Waals surface area contributed by atoms with Gasteiger partial charge in [-0.25, -0.2) is 0 Å². The van der Waals surface area contributed by atoms with Crippen LogP contribution in [0.2, 0.25) is 0 Å². The van der Waals surface area contributed by atoms with E-state index in [4.69, 9.17) is 9.47 Å². The Kier molecular flexibility index (Phi) is 6.71. The van der Waals surface area contributed by atoms with E-state index in [1.807, 2.05) is 12.1 Å². The third-order valence-electron chi connectivity index (χ3n) is 4.18. The zero-order valence-corrected chi connectivity index (χ0v) is 14.4. The molecule has 1 heterocycles. The van der Waals surface area contributed by atoms with Crippen molar-refractivity contribution >= 4 is 0 Å². The molecule has 1 fully saturated rings. The van der Waals surface area contributed by atoms with E-state index < -0.39 is 0 Å². The maximum absolute atomic E-state index is 5.92. The van der Waals surface area contributed by atoms with Crippen LogP contribution in [-0.4, -0.2) is 44.4 Å². The molecule has 1 aliphatic heterocycles. The van der Waals surface area contributed by atoms with Crippen molar-refractivity contribution in [1.82, 2.24) is 4.90 Å². The molecule has 2 rings (SSSR count). The van der Waals surface area contributed by atoms with Crippen LogP contribution in [0.3, 0.4) is 0 Å². The Morgan fingerprint density at radius 3 is 2.41 bits per heavy atom. The average molecular weight is 305 g/mol. The molecule has 1 aromatic rings. The molecule has 0 saturated carbocycles. The average Bonchev–Trinajstić information content (AvgIpc) is 2.51. The number of hydrogen-bond acceptors (Lipinski definition) is 3. The Balaban J connectivity index is 1.64. The zero-order chi connectivity index (χ0) is 15.8. The van der Waals surface area contributed by atoms with Crippen molar-refractivity contribution in [3.05, 3.63) is 29.8 Å². The standard InChI is InChI=1S/C19H31NO2/c1-19(2,3)17-9-5-6-10-18(17)22-16-15-21-14-13-20-11-7-4-8-12-20/h5-6,9-10H,4,7-8,11-16H2,1-3H3. The number of likely N-dealkylation sites (tertiary alicyclic amines) is 1. The van der Waals surface area contributed by atoms with Gasteiger partial charge in [-0.1, -0.05) is 45.4 Å². The van der Waals surface area contributed by atoms with Crippen LogP contribution in [0.5, 0.6) is 5.75 Å². The Hall–Kier alpha value is -1.06. The van der Waals surface area contributed by atoms with Crippen molar-refractivity contribution in [2.75, 3.05) is 39.5 Å². The molecule has 0 aromatic heterocycles. The molecule has 1 saturated heterocycles. The minimum atomic E-state index is 0.103. The van der Waals surface area contributed by atoms with Gasteiger partial charge in [-0.15, -0.1) is 0 Å². The van der Waals surface area contributed by atoms with E-state index in [2.05, 4.69) is 37.8 Å². The Morgan fingerprint density at radius 2 is 1.68 bits per heavy atom. The molecule has 0 radical (unpaired) electrons. The van der Waals surface area contributed by atoms with E-state index in [0.717, 1.165) is 18.9 Å². The van der Waals surface area contributed by atoms with E-state index in [9.17, 15) is 0 Å². The van der Waals surface area contributed by atoms with E-state index in [-0.39, 0.29) is 5.41 Å². The SMILES string of the molecule is CC(C)(C)c1ccccc1OCCOCCN1CCCCC1. The first kappa shape index (κ1) is 17.3. The second-order valence-corrected chi connectivity index (χ2v) is 7.11. The van der Waals surface area contributed by atoms with Crippen LogP contribution in [0.4, 0.5) is 0 Å². The minimum Gasteiger partial charge on any atom is -0.491 e. The van der Waals surface area contributed by atoms with Gasteiger partial charge < -0.3 is 14.4 Å². The number of ether oxygens (including phenoxy) is 2. The monoisotopic (exact) mass is 305 g/mol. The van der Waals surface area contributed by atoms with Crippen molar-refractivity contribution in [3.63, 3.8) is 0 Å². The molecular formula is C19H31NO2. The highest BCUT2D eigenvalue weighted by molar-refractivity contribution is 5.38. The van der Waals surface area contributed by atoms with Crippen LogP contribution < -0.4 is 4.74 Å². The Bertz CT molecular complexity index is 433. The topological polar surface area (TPSA) is 21.7 Å². The second-order valence-electron chi connectivity index (χ2n) is 7.11. The molecule has 3 heteroatoms. The fourth-order valence-corrected chi connectivity index (χ4v) is 2.90. The zero-order valence-electron chi connectivity index (χ0n) is 14.4. The predicted molar refractivity (Wildman–Crippen MR) is 91.7 cm³/mol. The fraction of sp³-hybridized carbons (Fsp3) is 0.684. The van der Waals surface area contributed by atoms with Gasteiger partial charge in [-0.2, -0.15) is 0 Å². The quantitative estimate of drug-likeness (QED) is 0.714. The van der Waals surface area contributed by atoms with Gasteiger partial charge >= 0.3 is 0 Å². The predicted octanol–water partition coefficient (Wildman–Crippen LogP) is 3.87. The number of piperidine rings is 1. The lowest BCUT2D eigenvalue weighted by Crippen LogP contribution is -2.32. The molecule has 0 atom stereocenters. The highest BCUT2D eigenvalue weighted by Crippen LogP contribution is 2.30. The normalized spacial score (nSPS) is 16.7. The molecule has 124 valence electrons. The van der Waals surface area contributed by atoms with Crippen molar-refractivity contribution < 1.29 is 9.47 Å². The van der Waals surface area contributed by atoms with E-state index >= 15 is 0 Å². The van der Waals surface area contributed by atoms with E-state index in [1.54, 1.807) is 0 Å². The Labute approximate surface area is 135 Å². The summed E-state index contributed by atoms with van der Waals surface area (Å²) in [5.74, 6) is 0.981. The number of rotatable bonds is 7. The lowest BCUT2D eigenvalue weighted by molar-refractivity contribution is 0.0746. The van der Waals surface area contributed by atoms with Gasteiger partial charge in [0.05, 0.1) is 13.2 Å². The van der Waals surface area contributed by atoms with Crippen molar-refractivity contribution in [1.29, 1.82) is 0 Å². The third kappa shape index (κ3) is 5.62. The molecule has 22 heavy (non-hydrogen) atoms. The summed E-state index contributed by atoms with van der Waals surface area (Å²) in [4.78, 5) is 2.50. The van der Waals surface area contributed by atoms with Gasteiger partial charge in [-0.3, -0.25) is 0 Å². The van der Waals surface area contributed by atoms with E-state index in [0.29, 0.717) is 13.2 Å². The maximum atomic E-state index is 5.92. The number of benzene rings is 1. The molecule has 0 unspecified atom stereocenters. The smallest absolute Gasteiger partial charge is 0.123 e. The van der Waals surface area contributed by atoms with Crippen LogP contribution in [0.25, 0.3) is 0 Å². The van der Waals surface area contributed by atoms with Gasteiger partial charge in [0.2, 0.25) is 0 Å². The van der Waals surface area contributed by atoms with Crippen molar-refractivity contribution in [2.45, 2.75) is 45.4 Å². The van der Waals surface area contributed by atoms with Gasteiger partial charge in [0.25, 0.3) is 0 Å². The van der Waals surface area contributed by atoms with Gasteiger partial charge in [0.1, 0.15) is 12.4 Å². The van der Waals surface area contributed by atoms with Crippen LogP contribution in [0.1, 0.15) is 45.6 Å². The van der Waals surface area contributed by atoms with Crippen LogP contribution in [0, 0.1) is 0 Å². The molecule has 3 nitrogen and oxygen atoms in total. The molecule has 0 amide bonds. The first-order valence-corrected chi connectivity index (χ1v) is 8.60. The molecule has 0 aliphatic carbocycles. The molecule has 1 aromatic carbocycles. The van der Waals surface area contributed by atoms with Gasteiger partial charge in [-0.05, 0) is 43.0 Å². The van der Waals surface area contributed by atoms with E-state index in [1.165, 1.54) is 37.9 Å². The second kappa shape index (κ2) is 8.54. The number of hydrogen-bond donors (Lipinski definition) is 0. The minimum absolute atomic E-state index is 0.103. The fourth-order valence-electron chi connectivity index (χ4n) is 2.90. The van der Waals surface area contributed by atoms with Gasteiger partial charge in [0.15, 0.2) is 0 Å². The summed E-state index contributed by atoms with van der Waals surface area (Å²) in [6.07, 6.45) is 4.07. The largest absolute Gasteiger partial charge is 0.491 e. The van der Waals surface area contributed by atoms with Crippen LogP contribution in [0.15, 0.2) is 24.3 Å². The number of nitrogens with zero attached hydrogens (tertiary/aromatic N) is 1. The summed E-state index contributed by atoms with van der Waals surface area (Å²) < 4.78 is 11.6. The van der Waals surface area contributed by atoms with Crippen molar-refractivity contribution in [2.24, 2.45) is 0 Å².